The zero-order chi connectivity index (χ0) is 18.2. The van der Waals surface area contributed by atoms with Crippen molar-refractivity contribution in [3.05, 3.63) is 60.2 Å². The van der Waals surface area contributed by atoms with E-state index >= 15 is 0 Å². The van der Waals surface area contributed by atoms with Crippen LogP contribution in [0, 0.1) is 0 Å². The Bertz CT molecular complexity index is 1100. The second-order valence-corrected chi connectivity index (χ2v) is 7.06. The summed E-state index contributed by atoms with van der Waals surface area (Å²) in [6, 6.07) is 18.6. The second-order valence-electron chi connectivity index (χ2n) is 7.06. The van der Waals surface area contributed by atoms with Crippen molar-refractivity contribution in [1.29, 1.82) is 0 Å². The zero-order valence-corrected chi connectivity index (χ0v) is 15.1. The molecule has 4 nitrogen and oxygen atoms in total. The number of morpholine rings is 1. The van der Waals surface area contributed by atoms with Crippen molar-refractivity contribution >= 4 is 38.3 Å². The Kier molecular flexibility index (Phi) is 4.15. The number of hydrogen-bond acceptors (Lipinski definition) is 4. The molecule has 1 heterocycles. The zero-order valence-electron chi connectivity index (χ0n) is 15.1. The minimum Gasteiger partial charge on any atom is -0.461 e. The number of ether oxygens (including phenoxy) is 2. The number of carbonyl (C=O) groups is 1. The number of esters is 1. The summed E-state index contributed by atoms with van der Waals surface area (Å²) in [4.78, 5) is 15.0. The van der Waals surface area contributed by atoms with Crippen LogP contribution in [0.5, 0.6) is 0 Å². The first-order chi connectivity index (χ1) is 13.3. The van der Waals surface area contributed by atoms with Crippen LogP contribution in [0.25, 0.3) is 32.3 Å². The fourth-order valence-corrected chi connectivity index (χ4v) is 4.08. The van der Waals surface area contributed by atoms with Crippen molar-refractivity contribution in [1.82, 2.24) is 4.90 Å². The van der Waals surface area contributed by atoms with Crippen molar-refractivity contribution in [2.75, 3.05) is 39.5 Å². The van der Waals surface area contributed by atoms with Crippen molar-refractivity contribution in [3.8, 4) is 0 Å². The second kappa shape index (κ2) is 6.80. The molecule has 0 unspecified atom stereocenters. The van der Waals surface area contributed by atoms with Crippen LogP contribution in [0.15, 0.2) is 54.6 Å². The van der Waals surface area contributed by atoms with E-state index in [0.717, 1.165) is 49.0 Å². The normalized spacial score (nSPS) is 15.7. The van der Waals surface area contributed by atoms with Crippen LogP contribution in [-0.4, -0.2) is 50.3 Å². The predicted octanol–water partition coefficient (Wildman–Crippen LogP) is 4.07. The summed E-state index contributed by atoms with van der Waals surface area (Å²) in [6.45, 7) is 4.46. The van der Waals surface area contributed by atoms with E-state index in [9.17, 15) is 4.79 Å². The minimum absolute atomic E-state index is 0.249. The third-order valence-electron chi connectivity index (χ3n) is 5.49. The lowest BCUT2D eigenvalue weighted by Gasteiger charge is -2.26. The van der Waals surface area contributed by atoms with Crippen molar-refractivity contribution < 1.29 is 14.3 Å². The van der Waals surface area contributed by atoms with E-state index in [1.807, 2.05) is 18.2 Å². The lowest BCUT2D eigenvalue weighted by molar-refractivity contribution is 0.0196. The quantitative estimate of drug-likeness (QED) is 0.407. The SMILES string of the molecule is O=C(OCCN1CCOCC1)c1ccc2ccc3cccc4ccc1c2c34. The third-order valence-corrected chi connectivity index (χ3v) is 5.49. The number of nitrogens with zero attached hydrogens (tertiary/aromatic N) is 1. The van der Waals surface area contributed by atoms with Crippen molar-refractivity contribution in [2.24, 2.45) is 0 Å². The van der Waals surface area contributed by atoms with Gasteiger partial charge in [-0.25, -0.2) is 4.79 Å². The highest BCUT2D eigenvalue weighted by Gasteiger charge is 2.17. The Labute approximate surface area is 157 Å². The summed E-state index contributed by atoms with van der Waals surface area (Å²) in [5.74, 6) is -0.249. The average molecular weight is 359 g/mol. The standard InChI is InChI=1S/C23H21NO3/c25-23(27-15-12-24-10-13-26-14-11-24)20-9-7-18-5-4-16-2-1-3-17-6-8-19(20)22(18)21(16)17/h1-9H,10-15H2. The summed E-state index contributed by atoms with van der Waals surface area (Å²) in [6.07, 6.45) is 0. The van der Waals surface area contributed by atoms with Gasteiger partial charge < -0.3 is 9.47 Å². The number of benzene rings is 4. The van der Waals surface area contributed by atoms with Gasteiger partial charge in [0, 0.05) is 19.6 Å². The van der Waals surface area contributed by atoms with E-state index in [1.54, 1.807) is 0 Å². The molecule has 4 heteroatoms. The van der Waals surface area contributed by atoms with Gasteiger partial charge in [0.25, 0.3) is 0 Å². The molecular formula is C23H21NO3. The van der Waals surface area contributed by atoms with Gasteiger partial charge in [-0.2, -0.15) is 0 Å². The molecule has 0 radical (unpaired) electrons. The molecule has 0 spiro atoms. The highest BCUT2D eigenvalue weighted by Crippen LogP contribution is 2.36. The van der Waals surface area contributed by atoms with Crippen LogP contribution < -0.4 is 0 Å². The van der Waals surface area contributed by atoms with Crippen LogP contribution in [0.3, 0.4) is 0 Å². The van der Waals surface area contributed by atoms with Crippen LogP contribution in [-0.2, 0) is 9.47 Å². The van der Waals surface area contributed by atoms with Gasteiger partial charge in [-0.05, 0) is 38.4 Å². The monoisotopic (exact) mass is 359 g/mol. The Hall–Kier alpha value is -2.69. The molecule has 0 bridgehead atoms. The summed E-state index contributed by atoms with van der Waals surface area (Å²) in [7, 11) is 0. The van der Waals surface area contributed by atoms with Gasteiger partial charge in [-0.3, -0.25) is 4.90 Å². The van der Waals surface area contributed by atoms with Crippen LogP contribution >= 0.6 is 0 Å². The molecule has 0 atom stereocenters. The Balaban J connectivity index is 1.46. The Morgan fingerprint density at radius 2 is 1.56 bits per heavy atom. The van der Waals surface area contributed by atoms with Gasteiger partial charge in [-0.1, -0.05) is 48.5 Å². The van der Waals surface area contributed by atoms with Crippen LogP contribution in [0.1, 0.15) is 10.4 Å². The molecule has 1 aliphatic rings. The molecule has 0 aliphatic carbocycles. The molecule has 5 rings (SSSR count). The molecule has 0 saturated carbocycles. The number of rotatable bonds is 4. The topological polar surface area (TPSA) is 38.8 Å². The third kappa shape index (κ3) is 2.91. The largest absolute Gasteiger partial charge is 0.461 e. The van der Waals surface area contributed by atoms with Gasteiger partial charge in [0.2, 0.25) is 0 Å². The van der Waals surface area contributed by atoms with E-state index in [-0.39, 0.29) is 5.97 Å². The van der Waals surface area contributed by atoms with Gasteiger partial charge in [0.05, 0.1) is 18.8 Å². The molecular weight excluding hydrogens is 338 g/mol. The molecule has 4 aromatic carbocycles. The molecule has 0 aromatic heterocycles. The molecule has 27 heavy (non-hydrogen) atoms. The molecule has 1 saturated heterocycles. The fraction of sp³-hybridized carbons (Fsp3) is 0.261. The van der Waals surface area contributed by atoms with Crippen LogP contribution in [0.2, 0.25) is 0 Å². The smallest absolute Gasteiger partial charge is 0.338 e. The van der Waals surface area contributed by atoms with Gasteiger partial charge in [0.1, 0.15) is 6.61 Å². The number of hydrogen-bond donors (Lipinski definition) is 0. The first kappa shape index (κ1) is 16.5. The van der Waals surface area contributed by atoms with Gasteiger partial charge in [0.15, 0.2) is 0 Å². The summed E-state index contributed by atoms with van der Waals surface area (Å²) in [5, 5.41) is 6.88. The van der Waals surface area contributed by atoms with E-state index in [0.29, 0.717) is 12.2 Å². The van der Waals surface area contributed by atoms with Crippen LogP contribution in [0.4, 0.5) is 0 Å². The Morgan fingerprint density at radius 3 is 2.33 bits per heavy atom. The maximum Gasteiger partial charge on any atom is 0.338 e. The summed E-state index contributed by atoms with van der Waals surface area (Å²) in [5.41, 5.74) is 0.641. The first-order valence-electron chi connectivity index (χ1n) is 9.45. The molecule has 0 amide bonds. The van der Waals surface area contributed by atoms with Crippen molar-refractivity contribution in [2.45, 2.75) is 0 Å². The van der Waals surface area contributed by atoms with Gasteiger partial charge in [-0.15, -0.1) is 0 Å². The fourth-order valence-electron chi connectivity index (χ4n) is 4.08. The maximum atomic E-state index is 12.8. The highest BCUT2D eigenvalue weighted by molar-refractivity contribution is 6.25. The number of carbonyl (C=O) groups excluding carboxylic acids is 1. The van der Waals surface area contributed by atoms with Crippen molar-refractivity contribution in [3.63, 3.8) is 0 Å². The summed E-state index contributed by atoms with van der Waals surface area (Å²) >= 11 is 0. The lowest BCUT2D eigenvalue weighted by Crippen LogP contribution is -2.38. The van der Waals surface area contributed by atoms with E-state index in [1.165, 1.54) is 16.2 Å². The Morgan fingerprint density at radius 1 is 0.889 bits per heavy atom. The maximum absolute atomic E-state index is 12.8. The van der Waals surface area contributed by atoms with Gasteiger partial charge >= 0.3 is 5.97 Å². The van der Waals surface area contributed by atoms with E-state index in [2.05, 4.69) is 41.3 Å². The molecule has 136 valence electrons. The first-order valence-corrected chi connectivity index (χ1v) is 9.45. The average Bonchev–Trinajstić information content (AvgIpc) is 2.72. The summed E-state index contributed by atoms with van der Waals surface area (Å²) < 4.78 is 11.0. The van der Waals surface area contributed by atoms with E-state index < -0.39 is 0 Å². The molecule has 1 fully saturated rings. The minimum atomic E-state index is -0.249. The predicted molar refractivity (Wildman–Crippen MR) is 108 cm³/mol. The molecule has 4 aromatic rings. The van der Waals surface area contributed by atoms with E-state index in [4.69, 9.17) is 9.47 Å². The highest BCUT2D eigenvalue weighted by atomic mass is 16.5. The molecule has 0 N–H and O–H groups in total. The molecule has 1 aliphatic heterocycles. The lowest BCUT2D eigenvalue weighted by atomic mass is 9.92.